The van der Waals surface area contributed by atoms with E-state index in [4.69, 9.17) is 14.2 Å². The van der Waals surface area contributed by atoms with Gasteiger partial charge in [0.2, 0.25) is 5.12 Å². The van der Waals surface area contributed by atoms with Gasteiger partial charge in [-0.25, -0.2) is 4.79 Å². The molecule has 208 valence electrons. The number of carbonyl (C=O) groups is 3. The highest BCUT2D eigenvalue weighted by atomic mass is 32.2. The van der Waals surface area contributed by atoms with E-state index in [1.54, 1.807) is 24.3 Å². The summed E-state index contributed by atoms with van der Waals surface area (Å²) in [5, 5.41) is -0.0500. The standard InChI is InChI=1S/C32H32O7S/c1-3-30(33)39-23-22-38-28-15-9-24(10-16-28)25-13-19-29(20-14-25)40-32(35)26-11-17-27(18-12-26)37-21-7-5-6-8-31(34)36-4-2/h3-4,9-20H,1-2,5-8,21-23H2. The minimum atomic E-state index is -0.476. The third kappa shape index (κ3) is 10.5. The molecule has 0 amide bonds. The molecule has 0 unspecified atom stereocenters. The van der Waals surface area contributed by atoms with Crippen LogP contribution >= 0.6 is 11.8 Å². The summed E-state index contributed by atoms with van der Waals surface area (Å²) in [7, 11) is 0. The molecule has 8 heteroatoms. The topological polar surface area (TPSA) is 88.1 Å². The van der Waals surface area contributed by atoms with Crippen LogP contribution < -0.4 is 9.47 Å². The van der Waals surface area contributed by atoms with Gasteiger partial charge in [0, 0.05) is 23.0 Å². The van der Waals surface area contributed by atoms with E-state index >= 15 is 0 Å². The van der Waals surface area contributed by atoms with Crippen LogP contribution in [0, 0.1) is 0 Å². The molecule has 0 heterocycles. The van der Waals surface area contributed by atoms with E-state index in [2.05, 4.69) is 17.9 Å². The van der Waals surface area contributed by atoms with Crippen LogP contribution in [0.3, 0.4) is 0 Å². The molecule has 0 bridgehead atoms. The highest BCUT2D eigenvalue weighted by Gasteiger charge is 2.09. The van der Waals surface area contributed by atoms with Crippen molar-refractivity contribution in [3.63, 3.8) is 0 Å². The number of benzene rings is 3. The summed E-state index contributed by atoms with van der Waals surface area (Å²) in [5.41, 5.74) is 2.62. The quantitative estimate of drug-likeness (QED) is 0.0607. The molecule has 3 aromatic carbocycles. The Morgan fingerprint density at radius 1 is 0.700 bits per heavy atom. The first kappa shape index (κ1) is 30.2. The lowest BCUT2D eigenvalue weighted by Gasteiger charge is -2.08. The number of rotatable bonds is 16. The molecule has 0 fully saturated rings. The summed E-state index contributed by atoms with van der Waals surface area (Å²) in [6, 6.07) is 22.5. The normalized spacial score (nSPS) is 10.3. The first-order valence-electron chi connectivity index (χ1n) is 12.9. The maximum atomic E-state index is 12.7. The zero-order valence-electron chi connectivity index (χ0n) is 22.2. The average Bonchev–Trinajstić information content (AvgIpc) is 2.98. The number of hydrogen-bond acceptors (Lipinski definition) is 8. The van der Waals surface area contributed by atoms with Gasteiger partial charge < -0.3 is 18.9 Å². The summed E-state index contributed by atoms with van der Waals surface area (Å²) in [4.78, 5) is 35.9. The molecule has 7 nitrogen and oxygen atoms in total. The SMILES string of the molecule is C=COC(=O)CCCCCOc1ccc(C(=O)Sc2ccc(-c3ccc(OCCOC(=O)C=C)cc3)cc2)cc1. The van der Waals surface area contributed by atoms with E-state index in [-0.39, 0.29) is 24.3 Å². The number of ether oxygens (including phenoxy) is 4. The largest absolute Gasteiger partial charge is 0.494 e. The average molecular weight is 561 g/mol. The predicted octanol–water partition coefficient (Wildman–Crippen LogP) is 7.02. The zero-order valence-corrected chi connectivity index (χ0v) is 23.0. The van der Waals surface area contributed by atoms with Crippen molar-refractivity contribution in [3.8, 4) is 22.6 Å². The van der Waals surface area contributed by atoms with Crippen molar-refractivity contribution >= 4 is 28.8 Å². The first-order chi connectivity index (χ1) is 19.5. The van der Waals surface area contributed by atoms with E-state index in [9.17, 15) is 14.4 Å². The van der Waals surface area contributed by atoms with Crippen molar-refractivity contribution in [3.05, 3.63) is 104 Å². The molecule has 0 N–H and O–H groups in total. The Balaban J connectivity index is 1.41. The molecule has 0 saturated carbocycles. The smallest absolute Gasteiger partial charge is 0.330 e. The second kappa shape index (κ2) is 16.6. The highest BCUT2D eigenvalue weighted by molar-refractivity contribution is 8.14. The number of hydrogen-bond donors (Lipinski definition) is 0. The lowest BCUT2D eigenvalue weighted by atomic mass is 10.1. The molecular formula is C32H32O7S. The zero-order chi connectivity index (χ0) is 28.6. The molecule has 0 atom stereocenters. The molecule has 0 aliphatic rings. The van der Waals surface area contributed by atoms with E-state index in [0.29, 0.717) is 30.1 Å². The van der Waals surface area contributed by atoms with Gasteiger partial charge in [0.25, 0.3) is 0 Å². The lowest BCUT2D eigenvalue weighted by Crippen LogP contribution is -2.10. The number of carbonyl (C=O) groups excluding carboxylic acids is 3. The van der Waals surface area contributed by atoms with Gasteiger partial charge >= 0.3 is 11.9 Å². The van der Waals surface area contributed by atoms with Crippen LogP contribution in [0.4, 0.5) is 0 Å². The fourth-order valence-electron chi connectivity index (χ4n) is 3.56. The Morgan fingerprint density at radius 2 is 1.30 bits per heavy atom. The van der Waals surface area contributed by atoms with Gasteiger partial charge in [-0.3, -0.25) is 9.59 Å². The van der Waals surface area contributed by atoms with Crippen LogP contribution in [0.15, 0.2) is 103 Å². The molecule has 0 saturated heterocycles. The molecule has 40 heavy (non-hydrogen) atoms. The molecule has 0 aliphatic heterocycles. The Morgan fingerprint density at radius 3 is 1.93 bits per heavy atom. The summed E-state index contributed by atoms with van der Waals surface area (Å²) < 4.78 is 20.9. The van der Waals surface area contributed by atoms with E-state index < -0.39 is 5.97 Å². The third-order valence-corrected chi connectivity index (χ3v) is 6.54. The van der Waals surface area contributed by atoms with E-state index in [1.807, 2.05) is 48.5 Å². The minimum Gasteiger partial charge on any atom is -0.494 e. The second-order valence-corrected chi connectivity index (χ2v) is 9.54. The van der Waals surface area contributed by atoms with Gasteiger partial charge in [-0.15, -0.1) is 0 Å². The summed E-state index contributed by atoms with van der Waals surface area (Å²) in [6.45, 7) is 7.65. The van der Waals surface area contributed by atoms with Crippen LogP contribution in [0.1, 0.15) is 36.0 Å². The maximum absolute atomic E-state index is 12.7. The molecule has 0 aliphatic carbocycles. The van der Waals surface area contributed by atoms with Crippen LogP contribution in [-0.2, 0) is 19.1 Å². The van der Waals surface area contributed by atoms with Crippen molar-refractivity contribution < 1.29 is 33.3 Å². The van der Waals surface area contributed by atoms with Gasteiger partial charge in [0.05, 0.1) is 12.9 Å². The van der Waals surface area contributed by atoms with Crippen molar-refractivity contribution in [2.75, 3.05) is 19.8 Å². The molecular weight excluding hydrogens is 528 g/mol. The van der Waals surface area contributed by atoms with Gasteiger partial charge in [0.1, 0.15) is 24.7 Å². The molecule has 0 spiro atoms. The Kier molecular flexibility index (Phi) is 12.6. The Bertz CT molecular complexity index is 1270. The Labute approximate surface area is 238 Å². The van der Waals surface area contributed by atoms with Crippen molar-refractivity contribution in [1.29, 1.82) is 0 Å². The van der Waals surface area contributed by atoms with Crippen LogP contribution in [0.5, 0.6) is 11.5 Å². The van der Waals surface area contributed by atoms with E-state index in [0.717, 1.165) is 47.6 Å². The van der Waals surface area contributed by atoms with E-state index in [1.165, 1.54) is 11.8 Å². The number of esters is 2. The third-order valence-electron chi connectivity index (χ3n) is 5.61. The maximum Gasteiger partial charge on any atom is 0.330 e. The molecule has 3 aromatic rings. The summed E-state index contributed by atoms with van der Waals surface area (Å²) >= 11 is 1.17. The minimum absolute atomic E-state index is 0.0500. The fraction of sp³-hybridized carbons (Fsp3) is 0.219. The predicted molar refractivity (Wildman–Crippen MR) is 155 cm³/mol. The van der Waals surface area contributed by atoms with Crippen molar-refractivity contribution in [1.82, 2.24) is 0 Å². The number of thioether (sulfide) groups is 1. The monoisotopic (exact) mass is 560 g/mol. The van der Waals surface area contributed by atoms with Gasteiger partial charge in [-0.2, -0.15) is 0 Å². The highest BCUT2D eigenvalue weighted by Crippen LogP contribution is 2.28. The lowest BCUT2D eigenvalue weighted by molar-refractivity contribution is -0.139. The summed E-state index contributed by atoms with van der Waals surface area (Å²) in [6.07, 6.45) is 5.04. The second-order valence-electron chi connectivity index (χ2n) is 8.50. The van der Waals surface area contributed by atoms with Crippen LogP contribution in [0.25, 0.3) is 11.1 Å². The number of unbranched alkanes of at least 4 members (excludes halogenated alkanes) is 2. The van der Waals surface area contributed by atoms with Gasteiger partial charge in [-0.1, -0.05) is 37.4 Å². The molecule has 0 aromatic heterocycles. The molecule has 0 radical (unpaired) electrons. The Hall–Kier alpha value is -4.30. The van der Waals surface area contributed by atoms with Gasteiger partial charge in [0.15, 0.2) is 0 Å². The summed E-state index contributed by atoms with van der Waals surface area (Å²) in [5.74, 6) is 0.626. The van der Waals surface area contributed by atoms with Crippen LogP contribution in [0.2, 0.25) is 0 Å². The molecule has 3 rings (SSSR count). The van der Waals surface area contributed by atoms with Crippen molar-refractivity contribution in [2.45, 2.75) is 30.6 Å². The van der Waals surface area contributed by atoms with Gasteiger partial charge in [-0.05, 0) is 90.7 Å². The van der Waals surface area contributed by atoms with Crippen molar-refractivity contribution in [2.24, 2.45) is 0 Å². The first-order valence-corrected chi connectivity index (χ1v) is 13.7. The van der Waals surface area contributed by atoms with Crippen LogP contribution in [-0.4, -0.2) is 36.9 Å². The fourth-order valence-corrected chi connectivity index (χ4v) is 4.30.